The average Bonchev–Trinajstić information content (AvgIpc) is 3.36. The molecule has 0 radical (unpaired) electrons. The number of aliphatic hydroxyl groups is 1. The maximum Gasteiger partial charge on any atom is 0.263 e. The fourth-order valence-corrected chi connectivity index (χ4v) is 5.76. The fraction of sp³-hybridized carbons (Fsp3) is 0.474. The minimum Gasteiger partial charge on any atom is -0.495 e. The summed E-state index contributed by atoms with van der Waals surface area (Å²) >= 11 is 0. The second kappa shape index (κ2) is 23.9. The molecule has 1 saturated carbocycles. The van der Waals surface area contributed by atoms with E-state index in [1.54, 1.807) is 49.4 Å². The number of fused-ring (bicyclic) bond motifs is 1. The minimum absolute atomic E-state index is 0. The van der Waals surface area contributed by atoms with Crippen LogP contribution in [0, 0.1) is 11.3 Å². The molecule has 1 fully saturated rings. The number of allylic oxidation sites excluding steroid dienone is 1. The van der Waals surface area contributed by atoms with Crippen LogP contribution >= 0.6 is 0 Å². The summed E-state index contributed by atoms with van der Waals surface area (Å²) in [5.74, 6) is -0.400. The Kier molecular flexibility index (Phi) is 20.1. The number of imide groups is 2. The van der Waals surface area contributed by atoms with Gasteiger partial charge in [-0.3, -0.25) is 34.2 Å². The van der Waals surface area contributed by atoms with Crippen LogP contribution in [-0.4, -0.2) is 71.5 Å². The summed E-state index contributed by atoms with van der Waals surface area (Å²) in [7, 11) is 0. The summed E-state index contributed by atoms with van der Waals surface area (Å²) in [6.07, 6.45) is 11.4. The van der Waals surface area contributed by atoms with Gasteiger partial charge in [-0.1, -0.05) is 56.1 Å². The van der Waals surface area contributed by atoms with Crippen LogP contribution in [-0.2, 0) is 42.1 Å². The molecule has 8 N–H and O–H groups in total. The number of unbranched alkanes of at least 4 members (excludes halogenated alkanes) is 5. The summed E-state index contributed by atoms with van der Waals surface area (Å²) < 4.78 is 5.45. The Hall–Kier alpha value is -4.55. The third kappa shape index (κ3) is 14.8. The van der Waals surface area contributed by atoms with Crippen molar-refractivity contribution in [2.24, 2.45) is 11.7 Å². The molecule has 2 aliphatic rings. The first kappa shape index (κ1) is 44.6. The quantitative estimate of drug-likeness (QED) is 0.0436. The maximum absolute atomic E-state index is 13.1. The van der Waals surface area contributed by atoms with Gasteiger partial charge in [-0.2, -0.15) is 0 Å². The molecule has 1 atom stereocenters. The van der Waals surface area contributed by atoms with Gasteiger partial charge in [-0.15, -0.1) is 0 Å². The Morgan fingerprint density at radius 2 is 1.68 bits per heavy atom. The smallest absolute Gasteiger partial charge is 0.263 e. The van der Waals surface area contributed by atoms with Gasteiger partial charge in [0.2, 0.25) is 12.3 Å². The molecule has 0 spiro atoms. The first-order valence-corrected chi connectivity index (χ1v) is 17.9. The van der Waals surface area contributed by atoms with Crippen LogP contribution in [0.25, 0.3) is 5.73 Å². The number of nitrogens with two attached hydrogens (primary N) is 1. The number of hydrogen-bond acceptors (Lipinski definition) is 10. The second-order valence-corrected chi connectivity index (χ2v) is 13.0. The number of carbonyl (C=O) groups excluding carboxylic acids is 5. The summed E-state index contributed by atoms with van der Waals surface area (Å²) in [6, 6.07) is 11.6. The monoisotopic (exact) mass is 902 g/mol. The van der Waals surface area contributed by atoms with E-state index in [4.69, 9.17) is 26.7 Å². The van der Waals surface area contributed by atoms with E-state index in [2.05, 4.69) is 16.0 Å². The molecular formula is C38H52N7O7W-. The Morgan fingerprint density at radius 3 is 2.28 bits per heavy atom. The Balaban J connectivity index is 0.000000762. The predicted octanol–water partition coefficient (Wildman–Crippen LogP) is 4.82. The summed E-state index contributed by atoms with van der Waals surface area (Å²) in [4.78, 5) is 61.2. The Labute approximate surface area is 325 Å². The molecule has 2 aromatic rings. The first-order chi connectivity index (χ1) is 25.0. The van der Waals surface area contributed by atoms with E-state index in [0.717, 1.165) is 56.9 Å². The van der Waals surface area contributed by atoms with Gasteiger partial charge in [0.25, 0.3) is 17.7 Å². The van der Waals surface area contributed by atoms with Crippen molar-refractivity contribution in [3.05, 3.63) is 76.8 Å². The van der Waals surface area contributed by atoms with Gasteiger partial charge in [-0.05, 0) is 74.9 Å². The van der Waals surface area contributed by atoms with Gasteiger partial charge in [-0.25, -0.2) is 0 Å². The van der Waals surface area contributed by atoms with E-state index in [0.29, 0.717) is 53.7 Å². The van der Waals surface area contributed by atoms with Crippen LogP contribution < -0.4 is 26.4 Å². The third-order valence-electron chi connectivity index (χ3n) is 8.97. The standard InChI is InChI=1S/C31H40N4O7.C7H12N3.W/c1-22(11-16-27(38)34-21-37)35-30(40)25-9-8-10-26(29(25)31(35)41)32-17-6-4-2-3-5-7-18-33-28(39)20-42-24-14-12-23(19-36)13-15-24;8-6(4-7(9)10)5-2-1-3-5;/h8-10,12-15,21-22,32,36H,2-7,11,16-20H2,1H3,(H,33,39)(H,34,37,38);4-5,8-9H,1-3,10H2;/q;-1;/b;7-4-,8-6?;. The summed E-state index contributed by atoms with van der Waals surface area (Å²) in [5, 5.41) is 24.7. The van der Waals surface area contributed by atoms with Crippen molar-refractivity contribution in [1.82, 2.24) is 15.5 Å². The normalized spacial score (nSPS) is 14.1. The van der Waals surface area contributed by atoms with Crippen LogP contribution in [0.5, 0.6) is 5.75 Å². The van der Waals surface area contributed by atoms with E-state index in [9.17, 15) is 24.0 Å². The molecule has 1 unspecified atom stereocenters. The summed E-state index contributed by atoms with van der Waals surface area (Å²) in [5.41, 5.74) is 14.6. The number of rotatable bonds is 21. The van der Waals surface area contributed by atoms with E-state index in [-0.39, 0.29) is 70.7 Å². The zero-order valence-electron chi connectivity index (χ0n) is 30.3. The molecule has 0 aromatic heterocycles. The van der Waals surface area contributed by atoms with Gasteiger partial charge in [0, 0.05) is 63.9 Å². The number of amides is 5. The minimum atomic E-state index is -0.486. The molecule has 0 saturated heterocycles. The zero-order valence-corrected chi connectivity index (χ0v) is 33.2. The number of benzene rings is 2. The largest absolute Gasteiger partial charge is 0.495 e. The number of carbonyl (C=O) groups is 5. The second-order valence-electron chi connectivity index (χ2n) is 13.0. The number of hydrogen-bond donors (Lipinski definition) is 6. The van der Waals surface area contributed by atoms with Gasteiger partial charge >= 0.3 is 0 Å². The Bertz CT molecular complexity index is 1560. The van der Waals surface area contributed by atoms with Crippen molar-refractivity contribution in [2.75, 3.05) is 25.0 Å². The average molecular weight is 903 g/mol. The number of aliphatic hydroxyl groups excluding tert-OH is 1. The van der Waals surface area contributed by atoms with Crippen LogP contribution in [0.3, 0.4) is 0 Å². The Morgan fingerprint density at radius 1 is 1.02 bits per heavy atom. The van der Waals surface area contributed by atoms with Gasteiger partial charge in [0.05, 0.1) is 17.7 Å². The van der Waals surface area contributed by atoms with E-state index in [1.807, 2.05) is 0 Å². The molecule has 5 amide bonds. The molecule has 2 aromatic carbocycles. The molecular weight excluding hydrogens is 850 g/mol. The molecule has 14 nitrogen and oxygen atoms in total. The molecule has 53 heavy (non-hydrogen) atoms. The van der Waals surface area contributed by atoms with Crippen LogP contribution in [0.15, 0.2) is 54.4 Å². The third-order valence-corrected chi connectivity index (χ3v) is 8.97. The van der Waals surface area contributed by atoms with E-state index in [1.165, 1.54) is 17.4 Å². The van der Waals surface area contributed by atoms with Crippen molar-refractivity contribution in [1.29, 1.82) is 5.41 Å². The van der Waals surface area contributed by atoms with Crippen LogP contribution in [0.2, 0.25) is 0 Å². The number of ether oxygens (including phenoxy) is 1. The van der Waals surface area contributed by atoms with E-state index < -0.39 is 11.9 Å². The van der Waals surface area contributed by atoms with Crippen molar-refractivity contribution in [3.63, 3.8) is 0 Å². The number of anilines is 1. The maximum atomic E-state index is 13.1. The van der Waals surface area contributed by atoms with Crippen molar-refractivity contribution in [2.45, 2.75) is 90.2 Å². The molecule has 288 valence electrons. The molecule has 1 aliphatic heterocycles. The van der Waals surface area contributed by atoms with E-state index >= 15 is 0 Å². The molecule has 1 aliphatic carbocycles. The first-order valence-electron chi connectivity index (χ1n) is 17.9. The van der Waals surface area contributed by atoms with Crippen molar-refractivity contribution < 1.29 is 54.9 Å². The fourth-order valence-electron chi connectivity index (χ4n) is 5.76. The number of nitrogens with zero attached hydrogens (tertiary/aromatic N) is 1. The number of nitrogens with one attached hydrogen (secondary N) is 5. The van der Waals surface area contributed by atoms with Crippen LogP contribution in [0.1, 0.15) is 104 Å². The topological polar surface area (TPSA) is 228 Å². The molecule has 1 heterocycles. The molecule has 0 bridgehead atoms. The predicted molar refractivity (Wildman–Crippen MR) is 199 cm³/mol. The summed E-state index contributed by atoms with van der Waals surface area (Å²) in [6.45, 7) is 2.90. The van der Waals surface area contributed by atoms with Gasteiger partial charge in [0.15, 0.2) is 6.61 Å². The van der Waals surface area contributed by atoms with Crippen molar-refractivity contribution >= 4 is 41.4 Å². The SMILES string of the molecule is CC(CCC(=O)NC=O)N1C(=O)c2cccc(NCCCCCCCCNC(=O)COc3ccc(CO)cc3)c2C1=O.N=C(/C=C(/[NH-])N)C1CCC1.[W]. The van der Waals surface area contributed by atoms with Gasteiger partial charge in [0.1, 0.15) is 5.75 Å². The zero-order chi connectivity index (χ0) is 37.9. The van der Waals surface area contributed by atoms with Crippen LogP contribution in [0.4, 0.5) is 5.69 Å². The van der Waals surface area contributed by atoms with Crippen molar-refractivity contribution in [3.8, 4) is 5.75 Å². The molecule has 4 rings (SSSR count). The van der Waals surface area contributed by atoms with Gasteiger partial charge < -0.3 is 37.4 Å². The molecule has 15 heteroatoms.